The highest BCUT2D eigenvalue weighted by Crippen LogP contribution is 2.25. The predicted octanol–water partition coefficient (Wildman–Crippen LogP) is -0.409. The molecule has 1 N–H and O–H groups in total. The third kappa shape index (κ3) is 1.80. The maximum absolute atomic E-state index is 11.9. The van der Waals surface area contributed by atoms with Gasteiger partial charge in [0, 0.05) is 19.6 Å². The van der Waals surface area contributed by atoms with Crippen molar-refractivity contribution in [2.24, 2.45) is 0 Å². The summed E-state index contributed by atoms with van der Waals surface area (Å²) in [5, 5.41) is 9.75. The van der Waals surface area contributed by atoms with Crippen LogP contribution >= 0.6 is 0 Å². The molecule has 5 nitrogen and oxygen atoms in total. The van der Waals surface area contributed by atoms with Gasteiger partial charge in [-0.1, -0.05) is 0 Å². The van der Waals surface area contributed by atoms with Crippen molar-refractivity contribution in [3.05, 3.63) is 0 Å². The van der Waals surface area contributed by atoms with E-state index >= 15 is 0 Å². The van der Waals surface area contributed by atoms with Gasteiger partial charge < -0.3 is 14.9 Å². The number of hydrogen-bond donors (Lipinski definition) is 1. The molecule has 0 aromatic heterocycles. The minimum absolute atomic E-state index is 0.143. The van der Waals surface area contributed by atoms with Gasteiger partial charge >= 0.3 is 11.8 Å². The molecule has 2 rings (SSSR count). The summed E-state index contributed by atoms with van der Waals surface area (Å²) in [6, 6.07) is -0.143. The Bertz CT molecular complexity index is 306. The number of amides is 2. The lowest BCUT2D eigenvalue weighted by Gasteiger charge is -2.37. The maximum atomic E-state index is 11.9. The highest BCUT2D eigenvalue weighted by atomic mass is 16.3. The Kier molecular flexibility index (Phi) is 3.14. The van der Waals surface area contributed by atoms with Crippen molar-refractivity contribution in [3.8, 4) is 0 Å². The number of likely N-dealkylation sites (N-methyl/N-ethyl adjacent to an activating group) is 1. The molecule has 90 valence electrons. The zero-order chi connectivity index (χ0) is 11.7. The van der Waals surface area contributed by atoms with Gasteiger partial charge in [-0.25, -0.2) is 0 Å². The van der Waals surface area contributed by atoms with Crippen molar-refractivity contribution in [3.63, 3.8) is 0 Å². The quantitative estimate of drug-likeness (QED) is 0.651. The molecule has 0 aromatic rings. The van der Waals surface area contributed by atoms with Crippen LogP contribution < -0.4 is 0 Å². The molecule has 16 heavy (non-hydrogen) atoms. The Labute approximate surface area is 95.0 Å². The number of aliphatic hydroxyl groups excluding tert-OH is 1. The summed E-state index contributed by atoms with van der Waals surface area (Å²) in [6.45, 7) is 3.58. The zero-order valence-electron chi connectivity index (χ0n) is 9.56. The molecule has 2 amide bonds. The molecule has 1 saturated heterocycles. The molecule has 5 heteroatoms. The monoisotopic (exact) mass is 226 g/mol. The molecule has 2 unspecified atom stereocenters. The Morgan fingerprint density at radius 1 is 1.25 bits per heavy atom. The van der Waals surface area contributed by atoms with Crippen LogP contribution in [-0.4, -0.2) is 58.5 Å². The highest BCUT2D eigenvalue weighted by molar-refractivity contribution is 6.35. The SMILES string of the molecule is CCN1CCN(C2CCCC2O)C(=O)C1=O. The average Bonchev–Trinajstić information content (AvgIpc) is 2.69. The largest absolute Gasteiger partial charge is 0.391 e. The van der Waals surface area contributed by atoms with Gasteiger partial charge in [0.25, 0.3) is 0 Å². The van der Waals surface area contributed by atoms with E-state index in [9.17, 15) is 14.7 Å². The fourth-order valence-corrected chi connectivity index (χ4v) is 2.59. The Morgan fingerprint density at radius 3 is 2.56 bits per heavy atom. The smallest absolute Gasteiger partial charge is 0.312 e. The van der Waals surface area contributed by atoms with Crippen molar-refractivity contribution >= 4 is 11.8 Å². The van der Waals surface area contributed by atoms with Gasteiger partial charge in [0.15, 0.2) is 0 Å². The molecule has 1 heterocycles. The second-order valence-corrected chi connectivity index (χ2v) is 4.45. The van der Waals surface area contributed by atoms with Crippen LogP contribution in [0.5, 0.6) is 0 Å². The normalized spacial score (nSPS) is 31.4. The molecule has 0 bridgehead atoms. The molecule has 0 aromatic carbocycles. The van der Waals surface area contributed by atoms with Gasteiger partial charge in [0.05, 0.1) is 12.1 Å². The summed E-state index contributed by atoms with van der Waals surface area (Å²) in [4.78, 5) is 26.7. The molecule has 1 aliphatic carbocycles. The summed E-state index contributed by atoms with van der Waals surface area (Å²) in [6.07, 6.45) is 2.03. The van der Waals surface area contributed by atoms with Crippen LogP contribution in [0.1, 0.15) is 26.2 Å². The van der Waals surface area contributed by atoms with Crippen molar-refractivity contribution in [1.82, 2.24) is 9.80 Å². The fourth-order valence-electron chi connectivity index (χ4n) is 2.59. The predicted molar refractivity (Wildman–Crippen MR) is 57.6 cm³/mol. The van der Waals surface area contributed by atoms with Crippen molar-refractivity contribution < 1.29 is 14.7 Å². The van der Waals surface area contributed by atoms with Gasteiger partial charge in [0.1, 0.15) is 0 Å². The number of rotatable bonds is 2. The zero-order valence-corrected chi connectivity index (χ0v) is 9.56. The Hall–Kier alpha value is -1.10. The number of carbonyl (C=O) groups is 2. The van der Waals surface area contributed by atoms with E-state index in [1.807, 2.05) is 6.92 Å². The lowest BCUT2D eigenvalue weighted by Crippen LogP contribution is -2.58. The molecule has 2 aliphatic rings. The van der Waals surface area contributed by atoms with Crippen LogP contribution in [0.2, 0.25) is 0 Å². The molecular weight excluding hydrogens is 208 g/mol. The summed E-state index contributed by atoms with van der Waals surface area (Å²) in [5.74, 6) is -0.869. The molecule has 0 radical (unpaired) electrons. The van der Waals surface area contributed by atoms with Crippen molar-refractivity contribution in [2.75, 3.05) is 19.6 Å². The summed E-state index contributed by atoms with van der Waals surface area (Å²) >= 11 is 0. The first-order valence-electron chi connectivity index (χ1n) is 5.93. The summed E-state index contributed by atoms with van der Waals surface area (Å²) in [5.41, 5.74) is 0. The van der Waals surface area contributed by atoms with Crippen LogP contribution in [-0.2, 0) is 9.59 Å². The Morgan fingerprint density at radius 2 is 2.00 bits per heavy atom. The Balaban J connectivity index is 2.07. The van der Waals surface area contributed by atoms with Crippen LogP contribution in [0.15, 0.2) is 0 Å². The lowest BCUT2D eigenvalue weighted by atomic mass is 10.1. The van der Waals surface area contributed by atoms with Gasteiger partial charge in [-0.2, -0.15) is 0 Å². The minimum atomic E-state index is -0.454. The minimum Gasteiger partial charge on any atom is -0.391 e. The summed E-state index contributed by atoms with van der Waals surface area (Å²) in [7, 11) is 0. The van der Waals surface area contributed by atoms with E-state index in [1.54, 1.807) is 9.80 Å². The van der Waals surface area contributed by atoms with E-state index in [2.05, 4.69) is 0 Å². The first-order chi connectivity index (χ1) is 7.65. The van der Waals surface area contributed by atoms with Crippen LogP contribution in [0, 0.1) is 0 Å². The van der Waals surface area contributed by atoms with Crippen molar-refractivity contribution in [1.29, 1.82) is 0 Å². The molecule has 2 fully saturated rings. The van der Waals surface area contributed by atoms with Crippen LogP contribution in [0.4, 0.5) is 0 Å². The van der Waals surface area contributed by atoms with Crippen molar-refractivity contribution in [2.45, 2.75) is 38.3 Å². The van der Waals surface area contributed by atoms with Gasteiger partial charge in [-0.3, -0.25) is 9.59 Å². The fraction of sp³-hybridized carbons (Fsp3) is 0.818. The number of carbonyl (C=O) groups excluding carboxylic acids is 2. The number of piperazine rings is 1. The average molecular weight is 226 g/mol. The standard InChI is InChI=1S/C11H18N2O3/c1-2-12-6-7-13(11(16)10(12)15)8-4-3-5-9(8)14/h8-9,14H,2-7H2,1H3. The number of nitrogens with zero attached hydrogens (tertiary/aromatic N) is 2. The molecule has 1 aliphatic heterocycles. The van der Waals surface area contributed by atoms with E-state index in [-0.39, 0.29) is 6.04 Å². The van der Waals surface area contributed by atoms with Gasteiger partial charge in [-0.15, -0.1) is 0 Å². The highest BCUT2D eigenvalue weighted by Gasteiger charge is 2.39. The summed E-state index contributed by atoms with van der Waals surface area (Å²) < 4.78 is 0. The maximum Gasteiger partial charge on any atom is 0.312 e. The molecule has 2 atom stereocenters. The van der Waals surface area contributed by atoms with Crippen LogP contribution in [0.3, 0.4) is 0 Å². The van der Waals surface area contributed by atoms with Gasteiger partial charge in [-0.05, 0) is 26.2 Å². The second-order valence-electron chi connectivity index (χ2n) is 4.45. The molecule has 1 saturated carbocycles. The first kappa shape index (κ1) is 11.4. The third-order valence-corrected chi connectivity index (χ3v) is 3.57. The topological polar surface area (TPSA) is 60.9 Å². The second kappa shape index (κ2) is 4.41. The van der Waals surface area contributed by atoms with E-state index in [0.29, 0.717) is 19.6 Å². The molecule has 0 spiro atoms. The van der Waals surface area contributed by atoms with Crippen LogP contribution in [0.25, 0.3) is 0 Å². The molecular formula is C11H18N2O3. The van der Waals surface area contributed by atoms with Gasteiger partial charge in [0.2, 0.25) is 0 Å². The number of hydrogen-bond acceptors (Lipinski definition) is 3. The van der Waals surface area contributed by atoms with E-state index in [0.717, 1.165) is 19.3 Å². The third-order valence-electron chi connectivity index (χ3n) is 3.57. The van der Waals surface area contributed by atoms with E-state index < -0.39 is 17.9 Å². The first-order valence-corrected chi connectivity index (χ1v) is 5.93. The number of aliphatic hydroxyl groups is 1. The van der Waals surface area contributed by atoms with E-state index in [4.69, 9.17) is 0 Å². The lowest BCUT2D eigenvalue weighted by molar-refractivity contribution is -0.158. The van der Waals surface area contributed by atoms with E-state index in [1.165, 1.54) is 0 Å².